The molecule has 0 radical (unpaired) electrons. The minimum atomic E-state index is -0.527. The normalized spacial score (nSPS) is 25.6. The topological polar surface area (TPSA) is 95.1 Å². The van der Waals surface area contributed by atoms with E-state index in [0.29, 0.717) is 23.9 Å². The van der Waals surface area contributed by atoms with Crippen LogP contribution in [0.25, 0.3) is 0 Å². The van der Waals surface area contributed by atoms with Gasteiger partial charge in [0.15, 0.2) is 0 Å². The monoisotopic (exact) mass is 291 g/mol. The summed E-state index contributed by atoms with van der Waals surface area (Å²) >= 11 is 0. The molecule has 3 rings (SSSR count). The van der Waals surface area contributed by atoms with E-state index in [-0.39, 0.29) is 17.2 Å². The minimum Gasteiger partial charge on any atom is -0.391 e. The zero-order chi connectivity index (χ0) is 15.0. The van der Waals surface area contributed by atoms with Crippen LogP contribution in [-0.4, -0.2) is 33.1 Å². The van der Waals surface area contributed by atoms with Crippen LogP contribution in [0.5, 0.6) is 0 Å². The first-order valence-electron chi connectivity index (χ1n) is 7.66. The lowest BCUT2D eigenvalue weighted by atomic mass is 9.92. The predicted molar refractivity (Wildman–Crippen MR) is 77.3 cm³/mol. The first kappa shape index (κ1) is 14.3. The van der Waals surface area contributed by atoms with Crippen molar-refractivity contribution in [1.29, 1.82) is 0 Å². The Morgan fingerprint density at radius 1 is 1.29 bits per heavy atom. The Kier molecular flexibility index (Phi) is 3.80. The molecule has 1 amide bonds. The molecule has 0 aromatic carbocycles. The number of amides is 1. The molecule has 0 bridgehead atoms. The Labute approximate surface area is 123 Å². The molecular weight excluding hydrogens is 270 g/mol. The van der Waals surface area contributed by atoms with Gasteiger partial charge >= 0.3 is 0 Å². The van der Waals surface area contributed by atoms with Gasteiger partial charge in [0.2, 0.25) is 0 Å². The Hall–Kier alpha value is -1.69. The fourth-order valence-electron chi connectivity index (χ4n) is 2.95. The molecule has 0 unspecified atom stereocenters. The van der Waals surface area contributed by atoms with E-state index >= 15 is 0 Å². The van der Waals surface area contributed by atoms with Crippen molar-refractivity contribution < 1.29 is 9.90 Å². The largest absolute Gasteiger partial charge is 0.391 e. The zero-order valence-electron chi connectivity index (χ0n) is 12.2. The Morgan fingerprint density at radius 3 is 2.62 bits per heavy atom. The Balaban J connectivity index is 1.79. The Morgan fingerprint density at radius 2 is 2.00 bits per heavy atom. The van der Waals surface area contributed by atoms with E-state index in [4.69, 9.17) is 0 Å². The van der Waals surface area contributed by atoms with Crippen molar-refractivity contribution in [2.24, 2.45) is 0 Å². The number of aliphatic hydroxyl groups excluding tert-OH is 1. The number of aromatic amines is 1. The highest BCUT2D eigenvalue weighted by molar-refractivity contribution is 5.95. The van der Waals surface area contributed by atoms with Crippen molar-refractivity contribution in [3.05, 3.63) is 27.4 Å². The van der Waals surface area contributed by atoms with Crippen LogP contribution >= 0.6 is 0 Å². The summed E-state index contributed by atoms with van der Waals surface area (Å²) in [6, 6.07) is -0.270. The van der Waals surface area contributed by atoms with E-state index in [0.717, 1.165) is 32.1 Å². The molecule has 1 aromatic rings. The number of hydrogen-bond donors (Lipinski definition) is 3. The molecule has 2 aliphatic carbocycles. The molecule has 6 nitrogen and oxygen atoms in total. The summed E-state index contributed by atoms with van der Waals surface area (Å²) in [6.07, 6.45) is 4.96. The van der Waals surface area contributed by atoms with Crippen LogP contribution < -0.4 is 10.9 Å². The number of rotatable bonds is 3. The number of nitrogens with one attached hydrogen (secondary N) is 2. The summed E-state index contributed by atoms with van der Waals surface area (Å²) in [5, 5.41) is 12.7. The average molecular weight is 291 g/mol. The summed E-state index contributed by atoms with van der Waals surface area (Å²) in [5.74, 6) is 0.593. The SMILES string of the molecule is Cc1nc(C2CC2)[nH]c(=O)c1C(=O)N[C@H]1CCCC[C@@H]1O. The first-order chi connectivity index (χ1) is 10.1. The maximum Gasteiger partial charge on any atom is 0.264 e. The Bertz CT molecular complexity index is 607. The van der Waals surface area contributed by atoms with Crippen molar-refractivity contribution in [2.75, 3.05) is 0 Å². The summed E-state index contributed by atoms with van der Waals surface area (Å²) in [7, 11) is 0. The second-order valence-electron chi connectivity index (χ2n) is 6.12. The molecule has 6 heteroatoms. The molecule has 0 spiro atoms. The number of carbonyl (C=O) groups excluding carboxylic acids is 1. The van der Waals surface area contributed by atoms with Crippen LogP contribution in [0.15, 0.2) is 4.79 Å². The van der Waals surface area contributed by atoms with Gasteiger partial charge in [0, 0.05) is 5.92 Å². The molecule has 0 saturated heterocycles. The van der Waals surface area contributed by atoms with Crippen molar-refractivity contribution in [3.63, 3.8) is 0 Å². The van der Waals surface area contributed by atoms with Gasteiger partial charge in [-0.25, -0.2) is 4.98 Å². The van der Waals surface area contributed by atoms with Gasteiger partial charge in [0.25, 0.3) is 11.5 Å². The molecule has 1 aromatic heterocycles. The third-order valence-electron chi connectivity index (χ3n) is 4.36. The lowest BCUT2D eigenvalue weighted by Gasteiger charge is -2.28. The summed E-state index contributed by atoms with van der Waals surface area (Å²) in [5.41, 5.74) is 0.146. The molecule has 1 heterocycles. The maximum absolute atomic E-state index is 12.3. The molecule has 2 aliphatic rings. The number of nitrogens with zero attached hydrogens (tertiary/aromatic N) is 1. The van der Waals surface area contributed by atoms with E-state index in [2.05, 4.69) is 15.3 Å². The summed E-state index contributed by atoms with van der Waals surface area (Å²) in [6.45, 7) is 1.69. The van der Waals surface area contributed by atoms with Crippen molar-refractivity contribution >= 4 is 5.91 Å². The fourth-order valence-corrected chi connectivity index (χ4v) is 2.95. The highest BCUT2D eigenvalue weighted by Crippen LogP contribution is 2.37. The van der Waals surface area contributed by atoms with Gasteiger partial charge in [0.05, 0.1) is 17.8 Å². The lowest BCUT2D eigenvalue weighted by Crippen LogP contribution is -2.46. The number of carbonyl (C=O) groups is 1. The van der Waals surface area contributed by atoms with E-state index < -0.39 is 12.0 Å². The highest BCUT2D eigenvalue weighted by Gasteiger charge is 2.29. The predicted octanol–water partition coefficient (Wildman–Crippen LogP) is 0.989. The lowest BCUT2D eigenvalue weighted by molar-refractivity contribution is 0.0715. The van der Waals surface area contributed by atoms with Crippen LogP contribution in [0.1, 0.15) is 66.3 Å². The number of H-pyrrole nitrogens is 1. The van der Waals surface area contributed by atoms with Crippen LogP contribution in [0.2, 0.25) is 0 Å². The zero-order valence-corrected chi connectivity index (χ0v) is 12.2. The number of aliphatic hydroxyl groups is 1. The first-order valence-corrected chi connectivity index (χ1v) is 7.66. The quantitative estimate of drug-likeness (QED) is 0.774. The van der Waals surface area contributed by atoms with Crippen LogP contribution in [-0.2, 0) is 0 Å². The van der Waals surface area contributed by atoms with Gasteiger partial charge in [0.1, 0.15) is 11.4 Å². The molecule has 3 N–H and O–H groups in total. The van der Waals surface area contributed by atoms with Crippen LogP contribution in [0.3, 0.4) is 0 Å². The average Bonchev–Trinajstić information content (AvgIpc) is 3.25. The van der Waals surface area contributed by atoms with E-state index in [9.17, 15) is 14.7 Å². The van der Waals surface area contributed by atoms with Gasteiger partial charge in [-0.2, -0.15) is 0 Å². The third kappa shape index (κ3) is 3.00. The summed E-state index contributed by atoms with van der Waals surface area (Å²) < 4.78 is 0. The molecule has 0 aliphatic heterocycles. The van der Waals surface area contributed by atoms with Gasteiger partial charge in [-0.3, -0.25) is 9.59 Å². The van der Waals surface area contributed by atoms with Crippen molar-refractivity contribution in [1.82, 2.24) is 15.3 Å². The van der Waals surface area contributed by atoms with Gasteiger partial charge in [-0.1, -0.05) is 12.8 Å². The molecular formula is C15H21N3O3. The second-order valence-corrected chi connectivity index (χ2v) is 6.12. The molecule has 2 fully saturated rings. The molecule has 2 atom stereocenters. The molecule has 114 valence electrons. The van der Waals surface area contributed by atoms with E-state index in [1.165, 1.54) is 0 Å². The second kappa shape index (κ2) is 5.60. The third-order valence-corrected chi connectivity index (χ3v) is 4.36. The number of hydrogen-bond acceptors (Lipinski definition) is 4. The van der Waals surface area contributed by atoms with Crippen LogP contribution in [0.4, 0.5) is 0 Å². The van der Waals surface area contributed by atoms with Crippen molar-refractivity contribution in [3.8, 4) is 0 Å². The van der Waals surface area contributed by atoms with Crippen LogP contribution in [0, 0.1) is 6.92 Å². The molecule has 21 heavy (non-hydrogen) atoms. The smallest absolute Gasteiger partial charge is 0.264 e. The standard InChI is InChI=1S/C15H21N3O3/c1-8-12(15(21)18-13(16-8)9-6-7-9)14(20)17-10-4-2-3-5-11(10)19/h9-11,19H,2-7H2,1H3,(H,17,20)(H,16,18,21)/t10-,11-/m0/s1. The van der Waals surface area contributed by atoms with Gasteiger partial charge in [-0.15, -0.1) is 0 Å². The highest BCUT2D eigenvalue weighted by atomic mass is 16.3. The maximum atomic E-state index is 12.3. The number of aromatic nitrogens is 2. The van der Waals surface area contributed by atoms with E-state index in [1.54, 1.807) is 6.92 Å². The van der Waals surface area contributed by atoms with Gasteiger partial charge < -0.3 is 15.4 Å². The fraction of sp³-hybridized carbons (Fsp3) is 0.667. The van der Waals surface area contributed by atoms with E-state index in [1.807, 2.05) is 0 Å². The minimum absolute atomic E-state index is 0.0668. The molecule has 2 saturated carbocycles. The van der Waals surface area contributed by atoms with Crippen molar-refractivity contribution in [2.45, 2.75) is 63.5 Å². The van der Waals surface area contributed by atoms with Gasteiger partial charge in [-0.05, 0) is 32.6 Å². The number of aryl methyl sites for hydroxylation is 1. The summed E-state index contributed by atoms with van der Waals surface area (Å²) in [4.78, 5) is 31.5.